The Morgan fingerprint density at radius 3 is 2.28 bits per heavy atom. The second-order valence-electron chi connectivity index (χ2n) is 4.50. The minimum absolute atomic E-state index is 0.0520. The predicted molar refractivity (Wildman–Crippen MR) is 73.2 cm³/mol. The Kier molecular flexibility index (Phi) is 5.62. The Morgan fingerprint density at radius 2 is 1.72 bits per heavy atom. The first-order chi connectivity index (χ1) is 8.40. The van der Waals surface area contributed by atoms with Gasteiger partial charge in [0.15, 0.2) is 0 Å². The van der Waals surface area contributed by atoms with E-state index >= 15 is 0 Å². The summed E-state index contributed by atoms with van der Waals surface area (Å²) < 4.78 is 27.2. The zero-order valence-corrected chi connectivity index (χ0v) is 11.8. The number of nitrogens with two attached hydrogens (primary N) is 1. The first-order valence-corrected chi connectivity index (χ1v) is 7.81. The maximum Gasteiger partial charge on any atom is 0.209 e. The summed E-state index contributed by atoms with van der Waals surface area (Å²) >= 11 is 0. The number of unbranched alkanes of at least 4 members (excludes halogenated alkanes) is 2. The van der Waals surface area contributed by atoms with Gasteiger partial charge in [-0.15, -0.1) is 0 Å². The number of para-hydroxylation sites is 1. The third-order valence-corrected chi connectivity index (χ3v) is 3.59. The van der Waals surface area contributed by atoms with Gasteiger partial charge in [-0.1, -0.05) is 18.2 Å². The number of aryl methyl sites for hydroxylation is 2. The van der Waals surface area contributed by atoms with Crippen molar-refractivity contribution in [2.75, 3.05) is 12.4 Å². The molecule has 0 atom stereocenters. The Bertz CT molecular complexity index is 463. The number of hydrogen-bond donors (Lipinski definition) is 1. The number of rotatable bonds is 7. The van der Waals surface area contributed by atoms with Crippen molar-refractivity contribution in [1.82, 2.24) is 0 Å². The summed E-state index contributed by atoms with van der Waals surface area (Å²) in [6, 6.07) is 6.04. The zero-order valence-electron chi connectivity index (χ0n) is 11.0. The lowest BCUT2D eigenvalue weighted by molar-refractivity contribution is 0.302. The summed E-state index contributed by atoms with van der Waals surface area (Å²) in [5.41, 5.74) is 2.25. The third-order valence-electron chi connectivity index (χ3n) is 2.73. The highest BCUT2D eigenvalue weighted by Crippen LogP contribution is 2.22. The molecular formula is C13H21NO3S. The van der Waals surface area contributed by atoms with Crippen molar-refractivity contribution < 1.29 is 13.2 Å². The van der Waals surface area contributed by atoms with Crippen LogP contribution in [0.4, 0.5) is 0 Å². The highest BCUT2D eigenvalue weighted by molar-refractivity contribution is 7.89. The summed E-state index contributed by atoms with van der Waals surface area (Å²) in [4.78, 5) is 0. The summed E-state index contributed by atoms with van der Waals surface area (Å²) in [7, 11) is -3.32. The van der Waals surface area contributed by atoms with Crippen LogP contribution in [0, 0.1) is 13.8 Å². The zero-order chi connectivity index (χ0) is 13.6. The van der Waals surface area contributed by atoms with Gasteiger partial charge in [0.2, 0.25) is 10.0 Å². The van der Waals surface area contributed by atoms with Gasteiger partial charge in [0, 0.05) is 0 Å². The first-order valence-electron chi connectivity index (χ1n) is 6.09. The van der Waals surface area contributed by atoms with E-state index in [9.17, 15) is 8.42 Å². The van der Waals surface area contributed by atoms with Crippen molar-refractivity contribution in [3.8, 4) is 5.75 Å². The molecular weight excluding hydrogens is 250 g/mol. The maximum atomic E-state index is 10.7. The number of hydrogen-bond acceptors (Lipinski definition) is 3. The van der Waals surface area contributed by atoms with E-state index < -0.39 is 10.0 Å². The van der Waals surface area contributed by atoms with Crippen LogP contribution in [0.5, 0.6) is 5.75 Å². The molecule has 0 spiro atoms. The van der Waals surface area contributed by atoms with Gasteiger partial charge < -0.3 is 4.74 Å². The fourth-order valence-corrected chi connectivity index (χ4v) is 2.39. The van der Waals surface area contributed by atoms with Crippen molar-refractivity contribution in [3.05, 3.63) is 29.3 Å². The van der Waals surface area contributed by atoms with E-state index in [1.54, 1.807) is 0 Å². The van der Waals surface area contributed by atoms with Gasteiger partial charge in [-0.3, -0.25) is 0 Å². The standard InChI is InChI=1S/C13H21NO3S/c1-11-7-6-8-12(2)13(11)17-9-4-3-5-10-18(14,15)16/h6-8H,3-5,9-10H2,1-2H3,(H2,14,15,16). The molecule has 0 aromatic heterocycles. The molecule has 4 nitrogen and oxygen atoms in total. The molecule has 0 amide bonds. The van der Waals surface area contributed by atoms with E-state index in [0.717, 1.165) is 29.7 Å². The molecule has 0 aliphatic rings. The molecule has 1 rings (SSSR count). The van der Waals surface area contributed by atoms with Gasteiger partial charge in [-0.05, 0) is 44.2 Å². The number of benzene rings is 1. The van der Waals surface area contributed by atoms with Crippen LogP contribution >= 0.6 is 0 Å². The molecule has 102 valence electrons. The number of primary sulfonamides is 1. The Balaban J connectivity index is 2.26. The molecule has 0 bridgehead atoms. The topological polar surface area (TPSA) is 69.4 Å². The SMILES string of the molecule is Cc1cccc(C)c1OCCCCCS(N)(=O)=O. The third kappa shape index (κ3) is 5.51. The molecule has 0 aliphatic carbocycles. The highest BCUT2D eigenvalue weighted by Gasteiger charge is 2.04. The van der Waals surface area contributed by atoms with Crippen LogP contribution in [0.3, 0.4) is 0 Å². The van der Waals surface area contributed by atoms with Gasteiger partial charge in [-0.2, -0.15) is 0 Å². The normalized spacial score (nSPS) is 11.5. The lowest BCUT2D eigenvalue weighted by Crippen LogP contribution is -2.16. The van der Waals surface area contributed by atoms with Crippen LogP contribution in [-0.4, -0.2) is 20.8 Å². The lowest BCUT2D eigenvalue weighted by Gasteiger charge is -2.11. The molecule has 18 heavy (non-hydrogen) atoms. The van der Waals surface area contributed by atoms with Gasteiger partial charge in [-0.25, -0.2) is 13.6 Å². The van der Waals surface area contributed by atoms with Crippen LogP contribution in [0.1, 0.15) is 30.4 Å². The van der Waals surface area contributed by atoms with Crippen LogP contribution in [0.2, 0.25) is 0 Å². The van der Waals surface area contributed by atoms with E-state index in [4.69, 9.17) is 9.88 Å². The average molecular weight is 271 g/mol. The molecule has 0 fully saturated rings. The summed E-state index contributed by atoms with van der Waals surface area (Å²) in [6.07, 6.45) is 2.24. The Labute approximate surface area is 109 Å². The lowest BCUT2D eigenvalue weighted by atomic mass is 10.1. The molecule has 0 heterocycles. The van der Waals surface area contributed by atoms with E-state index in [-0.39, 0.29) is 5.75 Å². The van der Waals surface area contributed by atoms with Gasteiger partial charge >= 0.3 is 0 Å². The fourth-order valence-electron chi connectivity index (χ4n) is 1.78. The maximum absolute atomic E-state index is 10.7. The van der Waals surface area contributed by atoms with Crippen LogP contribution in [0.15, 0.2) is 18.2 Å². The quantitative estimate of drug-likeness (QED) is 0.772. The summed E-state index contributed by atoms with van der Waals surface area (Å²) in [5.74, 6) is 0.986. The smallest absolute Gasteiger partial charge is 0.209 e. The van der Waals surface area contributed by atoms with Gasteiger partial charge in [0.25, 0.3) is 0 Å². The largest absolute Gasteiger partial charge is 0.493 e. The minimum Gasteiger partial charge on any atom is -0.493 e. The van der Waals surface area contributed by atoms with Crippen LogP contribution in [-0.2, 0) is 10.0 Å². The number of sulfonamides is 1. The van der Waals surface area contributed by atoms with E-state index in [0.29, 0.717) is 13.0 Å². The number of ether oxygens (including phenoxy) is 1. The molecule has 0 saturated carbocycles. The second kappa shape index (κ2) is 6.75. The molecule has 0 radical (unpaired) electrons. The highest BCUT2D eigenvalue weighted by atomic mass is 32.2. The van der Waals surface area contributed by atoms with Gasteiger partial charge in [0.1, 0.15) is 5.75 Å². The summed E-state index contributed by atoms with van der Waals surface area (Å²) in [5, 5.41) is 4.92. The average Bonchev–Trinajstić information content (AvgIpc) is 2.25. The van der Waals surface area contributed by atoms with E-state index in [2.05, 4.69) is 0 Å². The van der Waals surface area contributed by atoms with Crippen molar-refractivity contribution in [1.29, 1.82) is 0 Å². The van der Waals surface area contributed by atoms with Crippen molar-refractivity contribution >= 4 is 10.0 Å². The molecule has 1 aromatic rings. The minimum atomic E-state index is -3.32. The second-order valence-corrected chi connectivity index (χ2v) is 6.23. The van der Waals surface area contributed by atoms with Crippen LogP contribution in [0.25, 0.3) is 0 Å². The first kappa shape index (κ1) is 15.0. The molecule has 2 N–H and O–H groups in total. The molecule has 5 heteroatoms. The van der Waals surface area contributed by atoms with Crippen molar-refractivity contribution in [3.63, 3.8) is 0 Å². The fraction of sp³-hybridized carbons (Fsp3) is 0.538. The molecule has 0 aliphatic heterocycles. The van der Waals surface area contributed by atoms with Crippen LogP contribution < -0.4 is 9.88 Å². The summed E-state index contributed by atoms with van der Waals surface area (Å²) in [6.45, 7) is 4.64. The van der Waals surface area contributed by atoms with Crippen molar-refractivity contribution in [2.45, 2.75) is 33.1 Å². The van der Waals surface area contributed by atoms with Gasteiger partial charge in [0.05, 0.1) is 12.4 Å². The monoisotopic (exact) mass is 271 g/mol. The van der Waals surface area contributed by atoms with Crippen molar-refractivity contribution in [2.24, 2.45) is 5.14 Å². The molecule has 1 aromatic carbocycles. The van der Waals surface area contributed by atoms with E-state index in [1.807, 2.05) is 32.0 Å². The molecule has 0 saturated heterocycles. The Hall–Kier alpha value is -1.07. The predicted octanol–water partition coefficient (Wildman–Crippen LogP) is 2.14. The Morgan fingerprint density at radius 1 is 1.11 bits per heavy atom. The van der Waals surface area contributed by atoms with E-state index in [1.165, 1.54) is 0 Å². The molecule has 0 unspecified atom stereocenters.